The lowest BCUT2D eigenvalue weighted by Gasteiger charge is -2.23. The van der Waals surface area contributed by atoms with Crippen molar-refractivity contribution in [2.24, 2.45) is 17.8 Å². The number of benzene rings is 1. The van der Waals surface area contributed by atoms with Gasteiger partial charge in [-0.15, -0.1) is 0 Å². The smallest absolute Gasteiger partial charge is 0.308 e. The molecule has 0 aromatic heterocycles. The summed E-state index contributed by atoms with van der Waals surface area (Å²) >= 11 is 0. The van der Waals surface area contributed by atoms with E-state index in [2.05, 4.69) is 0 Å². The van der Waals surface area contributed by atoms with Gasteiger partial charge in [0.1, 0.15) is 5.82 Å². The van der Waals surface area contributed by atoms with Crippen LogP contribution in [-0.4, -0.2) is 35.0 Å². The first-order valence-corrected chi connectivity index (χ1v) is 8.28. The quantitative estimate of drug-likeness (QED) is 0.908. The molecule has 0 bridgehead atoms. The number of carbonyl (C=O) groups is 2. The van der Waals surface area contributed by atoms with Crippen molar-refractivity contribution in [2.75, 3.05) is 13.1 Å². The second-order valence-electron chi connectivity index (χ2n) is 6.70. The van der Waals surface area contributed by atoms with Gasteiger partial charge in [0.2, 0.25) is 5.91 Å². The Morgan fingerprint density at radius 3 is 2.43 bits per heavy atom. The summed E-state index contributed by atoms with van der Waals surface area (Å²) in [5.41, 5.74) is 0.792. The Morgan fingerprint density at radius 2 is 1.91 bits per heavy atom. The van der Waals surface area contributed by atoms with Crippen LogP contribution in [-0.2, 0) is 9.59 Å². The number of nitrogens with zero attached hydrogens (tertiary/aromatic N) is 1. The van der Waals surface area contributed by atoms with Crippen molar-refractivity contribution in [2.45, 2.75) is 32.1 Å². The van der Waals surface area contributed by atoms with Gasteiger partial charge in [-0.2, -0.15) is 0 Å². The molecule has 1 heterocycles. The maximum absolute atomic E-state index is 13.1. The van der Waals surface area contributed by atoms with Crippen molar-refractivity contribution in [1.29, 1.82) is 0 Å². The van der Waals surface area contributed by atoms with E-state index in [0.29, 0.717) is 25.4 Å². The van der Waals surface area contributed by atoms with E-state index in [1.165, 1.54) is 12.1 Å². The molecule has 1 aromatic carbocycles. The second kappa shape index (κ2) is 6.30. The molecule has 0 spiro atoms. The molecule has 1 saturated heterocycles. The molecule has 2 fully saturated rings. The molecular weight excluding hydrogens is 297 g/mol. The van der Waals surface area contributed by atoms with Gasteiger partial charge < -0.3 is 10.0 Å². The van der Waals surface area contributed by atoms with E-state index in [1.807, 2.05) is 6.92 Å². The van der Waals surface area contributed by atoms with Gasteiger partial charge in [-0.05, 0) is 48.8 Å². The van der Waals surface area contributed by atoms with E-state index in [-0.39, 0.29) is 23.6 Å². The van der Waals surface area contributed by atoms with Gasteiger partial charge in [0.05, 0.1) is 11.8 Å². The number of amides is 1. The molecule has 2 aliphatic rings. The summed E-state index contributed by atoms with van der Waals surface area (Å²) in [6.07, 6.45) is 2.77. The molecule has 5 heteroatoms. The SMILES string of the molecule is CCC(C(=O)N1C[C@H](C(=O)O)[C@@H](C2CC2)C1)c1ccc(F)cc1. The summed E-state index contributed by atoms with van der Waals surface area (Å²) < 4.78 is 13.1. The average Bonchev–Trinajstić information content (AvgIpc) is 3.27. The van der Waals surface area contributed by atoms with Gasteiger partial charge >= 0.3 is 5.97 Å². The topological polar surface area (TPSA) is 57.6 Å². The Balaban J connectivity index is 1.76. The van der Waals surface area contributed by atoms with Crippen LogP contribution in [0.1, 0.15) is 37.7 Å². The third-order valence-corrected chi connectivity index (χ3v) is 5.20. The Kier molecular flexibility index (Phi) is 4.37. The van der Waals surface area contributed by atoms with Crippen LogP contribution in [0.25, 0.3) is 0 Å². The highest BCUT2D eigenvalue weighted by atomic mass is 19.1. The highest BCUT2D eigenvalue weighted by Gasteiger charge is 2.47. The number of carboxylic acid groups (broad SMARTS) is 1. The minimum atomic E-state index is -0.799. The van der Waals surface area contributed by atoms with E-state index in [9.17, 15) is 19.1 Å². The van der Waals surface area contributed by atoms with Gasteiger partial charge in [0.25, 0.3) is 0 Å². The number of aliphatic carboxylic acids is 1. The fourth-order valence-electron chi connectivity index (χ4n) is 3.74. The lowest BCUT2D eigenvalue weighted by atomic mass is 9.92. The minimum absolute atomic E-state index is 0.0338. The van der Waals surface area contributed by atoms with E-state index in [4.69, 9.17) is 0 Å². The molecule has 1 aromatic rings. The van der Waals surface area contributed by atoms with Gasteiger partial charge in [0, 0.05) is 13.1 Å². The monoisotopic (exact) mass is 319 g/mol. The molecule has 124 valence electrons. The normalized spacial score (nSPS) is 25.4. The lowest BCUT2D eigenvalue weighted by molar-refractivity contribution is -0.142. The van der Waals surface area contributed by atoms with Crippen molar-refractivity contribution >= 4 is 11.9 Å². The Bertz CT molecular complexity index is 597. The molecule has 23 heavy (non-hydrogen) atoms. The number of hydrogen-bond acceptors (Lipinski definition) is 2. The van der Waals surface area contributed by atoms with Gasteiger partial charge in [0.15, 0.2) is 0 Å². The van der Waals surface area contributed by atoms with Gasteiger partial charge in [-0.1, -0.05) is 19.1 Å². The number of rotatable bonds is 5. The first-order chi connectivity index (χ1) is 11.0. The number of halogens is 1. The predicted molar refractivity (Wildman–Crippen MR) is 83.4 cm³/mol. The second-order valence-corrected chi connectivity index (χ2v) is 6.70. The summed E-state index contributed by atoms with van der Waals surface area (Å²) in [6.45, 7) is 2.76. The van der Waals surface area contributed by atoms with Crippen molar-refractivity contribution in [3.8, 4) is 0 Å². The zero-order valence-corrected chi connectivity index (χ0v) is 13.2. The maximum atomic E-state index is 13.1. The molecule has 0 radical (unpaired) electrons. The van der Waals surface area contributed by atoms with Crippen LogP contribution in [0, 0.1) is 23.6 Å². The van der Waals surface area contributed by atoms with E-state index >= 15 is 0 Å². The molecule has 4 nitrogen and oxygen atoms in total. The van der Waals surface area contributed by atoms with E-state index in [1.54, 1.807) is 17.0 Å². The van der Waals surface area contributed by atoms with Gasteiger partial charge in [-0.25, -0.2) is 4.39 Å². The van der Waals surface area contributed by atoms with Crippen LogP contribution in [0.3, 0.4) is 0 Å². The molecule has 3 rings (SSSR count). The predicted octanol–water partition coefficient (Wildman–Crippen LogP) is 2.89. The highest BCUT2D eigenvalue weighted by Crippen LogP contribution is 2.44. The third-order valence-electron chi connectivity index (χ3n) is 5.20. The fraction of sp³-hybridized carbons (Fsp3) is 0.556. The molecule has 1 aliphatic heterocycles. The van der Waals surface area contributed by atoms with Crippen LogP contribution in [0.5, 0.6) is 0 Å². The molecule has 3 atom stereocenters. The van der Waals surface area contributed by atoms with Crippen LogP contribution in [0.4, 0.5) is 4.39 Å². The van der Waals surface area contributed by atoms with Crippen LogP contribution < -0.4 is 0 Å². The Labute approximate surface area is 135 Å². The summed E-state index contributed by atoms with van der Waals surface area (Å²) in [5.74, 6) is -1.39. The van der Waals surface area contributed by atoms with Crippen molar-refractivity contribution in [3.63, 3.8) is 0 Å². The zero-order chi connectivity index (χ0) is 16.6. The number of likely N-dealkylation sites (tertiary alicyclic amines) is 1. The standard InChI is InChI=1S/C18H22FNO3/c1-2-14(11-5-7-13(19)8-6-11)17(21)20-9-15(12-3-4-12)16(10-20)18(22)23/h5-8,12,14-16H,2-4,9-10H2,1H3,(H,22,23)/t14?,15-,16+/m1/s1. The average molecular weight is 319 g/mol. The third kappa shape index (κ3) is 3.23. The number of hydrogen-bond donors (Lipinski definition) is 1. The Morgan fingerprint density at radius 1 is 1.26 bits per heavy atom. The van der Waals surface area contributed by atoms with Gasteiger partial charge in [-0.3, -0.25) is 9.59 Å². The highest BCUT2D eigenvalue weighted by molar-refractivity contribution is 5.85. The number of carbonyl (C=O) groups excluding carboxylic acids is 1. The first-order valence-electron chi connectivity index (χ1n) is 8.28. The van der Waals surface area contributed by atoms with Crippen molar-refractivity contribution in [1.82, 2.24) is 4.90 Å². The molecule has 1 unspecified atom stereocenters. The fourth-order valence-corrected chi connectivity index (χ4v) is 3.74. The molecule has 1 aliphatic carbocycles. The molecular formula is C18H22FNO3. The lowest BCUT2D eigenvalue weighted by Crippen LogP contribution is -2.34. The first kappa shape index (κ1) is 16.0. The summed E-state index contributed by atoms with van der Waals surface area (Å²) in [7, 11) is 0. The van der Waals surface area contributed by atoms with Crippen LogP contribution in [0.15, 0.2) is 24.3 Å². The van der Waals surface area contributed by atoms with Crippen LogP contribution >= 0.6 is 0 Å². The zero-order valence-electron chi connectivity index (χ0n) is 13.2. The van der Waals surface area contributed by atoms with Crippen molar-refractivity contribution in [3.05, 3.63) is 35.6 Å². The Hall–Kier alpha value is -1.91. The largest absolute Gasteiger partial charge is 0.481 e. The summed E-state index contributed by atoms with van der Waals surface area (Å²) in [4.78, 5) is 26.0. The van der Waals surface area contributed by atoms with E-state index < -0.39 is 11.9 Å². The molecule has 1 saturated carbocycles. The summed E-state index contributed by atoms with van der Waals surface area (Å²) in [5, 5.41) is 9.42. The summed E-state index contributed by atoms with van der Waals surface area (Å²) in [6, 6.07) is 6.01. The number of carboxylic acids is 1. The molecule has 1 N–H and O–H groups in total. The van der Waals surface area contributed by atoms with Crippen LogP contribution in [0.2, 0.25) is 0 Å². The van der Waals surface area contributed by atoms with Crippen molar-refractivity contribution < 1.29 is 19.1 Å². The van der Waals surface area contributed by atoms with E-state index in [0.717, 1.165) is 18.4 Å². The maximum Gasteiger partial charge on any atom is 0.308 e. The minimum Gasteiger partial charge on any atom is -0.481 e. The molecule has 1 amide bonds.